The van der Waals surface area contributed by atoms with E-state index >= 15 is 0 Å². The van der Waals surface area contributed by atoms with Crippen molar-refractivity contribution in [2.24, 2.45) is 0 Å². The zero-order chi connectivity index (χ0) is 18.2. The van der Waals surface area contributed by atoms with Crippen molar-refractivity contribution < 1.29 is 4.79 Å². The van der Waals surface area contributed by atoms with Crippen molar-refractivity contribution in [1.29, 1.82) is 0 Å². The minimum atomic E-state index is -0.187. The van der Waals surface area contributed by atoms with Crippen LogP contribution in [0, 0.1) is 0 Å². The molecule has 136 valence electrons. The Balaban J connectivity index is 1.55. The zero-order valence-electron chi connectivity index (χ0n) is 15.1. The van der Waals surface area contributed by atoms with Crippen molar-refractivity contribution in [2.45, 2.75) is 37.9 Å². The lowest BCUT2D eigenvalue weighted by Gasteiger charge is -2.41. The first-order valence-electron chi connectivity index (χ1n) is 9.59. The summed E-state index contributed by atoms with van der Waals surface area (Å²) in [6, 6.07) is 18.1. The van der Waals surface area contributed by atoms with Gasteiger partial charge in [-0.1, -0.05) is 43.2 Å². The molecule has 27 heavy (non-hydrogen) atoms. The highest BCUT2D eigenvalue weighted by Gasteiger charge is 2.38. The summed E-state index contributed by atoms with van der Waals surface area (Å²) < 4.78 is 1.87. The largest absolute Gasteiger partial charge is 0.361 e. The van der Waals surface area contributed by atoms with Crippen molar-refractivity contribution in [3.8, 4) is 5.69 Å². The molecule has 1 amide bonds. The highest BCUT2D eigenvalue weighted by Crippen LogP contribution is 2.38. The first kappa shape index (κ1) is 16.1. The van der Waals surface area contributed by atoms with Crippen molar-refractivity contribution in [1.82, 2.24) is 14.7 Å². The molecule has 0 spiro atoms. The van der Waals surface area contributed by atoms with Gasteiger partial charge in [0.2, 0.25) is 0 Å². The number of carbonyl (C=O) groups excluding carboxylic acids is 1. The van der Waals surface area contributed by atoms with Crippen LogP contribution < -0.4 is 5.32 Å². The molecule has 1 N–H and O–H groups in total. The lowest BCUT2D eigenvalue weighted by atomic mass is 10.0. The third-order valence-electron chi connectivity index (χ3n) is 5.62. The molecule has 1 aromatic heterocycles. The summed E-state index contributed by atoms with van der Waals surface area (Å²) in [5.74, 6) is 0.119. The molecule has 5 heteroatoms. The molecule has 0 bridgehead atoms. The Labute approximate surface area is 158 Å². The Bertz CT molecular complexity index is 959. The van der Waals surface area contributed by atoms with Gasteiger partial charge >= 0.3 is 0 Å². The predicted octanol–water partition coefficient (Wildman–Crippen LogP) is 4.38. The van der Waals surface area contributed by atoms with Gasteiger partial charge in [0.15, 0.2) is 0 Å². The summed E-state index contributed by atoms with van der Waals surface area (Å²) in [6.07, 6.45) is 8.22. The van der Waals surface area contributed by atoms with Crippen LogP contribution in [0.5, 0.6) is 0 Å². The monoisotopic (exact) mass is 358 g/mol. The van der Waals surface area contributed by atoms with Crippen molar-refractivity contribution in [3.05, 3.63) is 78.1 Å². The molecule has 2 heterocycles. The van der Waals surface area contributed by atoms with Crippen LogP contribution in [0.3, 0.4) is 0 Å². The van der Waals surface area contributed by atoms with E-state index in [-0.39, 0.29) is 18.1 Å². The fourth-order valence-electron chi connectivity index (χ4n) is 4.27. The summed E-state index contributed by atoms with van der Waals surface area (Å²) in [7, 11) is 0. The number of aromatic nitrogens is 2. The Hall–Kier alpha value is -3.08. The van der Waals surface area contributed by atoms with Gasteiger partial charge in [-0.2, -0.15) is 5.10 Å². The van der Waals surface area contributed by atoms with Gasteiger partial charge < -0.3 is 10.2 Å². The third-order valence-corrected chi connectivity index (χ3v) is 5.62. The minimum Gasteiger partial charge on any atom is -0.361 e. The Morgan fingerprint density at radius 2 is 1.70 bits per heavy atom. The number of nitrogens with zero attached hydrogens (tertiary/aromatic N) is 3. The van der Waals surface area contributed by atoms with E-state index in [1.165, 1.54) is 12.8 Å². The van der Waals surface area contributed by atoms with Gasteiger partial charge in [0.1, 0.15) is 6.17 Å². The zero-order valence-corrected chi connectivity index (χ0v) is 15.1. The average molecular weight is 358 g/mol. The molecule has 2 aliphatic rings. The number of amides is 1. The highest BCUT2D eigenvalue weighted by atomic mass is 16.2. The second-order valence-corrected chi connectivity index (χ2v) is 7.30. The molecule has 1 saturated carbocycles. The maximum Gasteiger partial charge on any atom is 0.258 e. The van der Waals surface area contributed by atoms with Crippen LogP contribution in [-0.2, 0) is 0 Å². The smallest absolute Gasteiger partial charge is 0.258 e. The molecule has 0 radical (unpaired) electrons. The van der Waals surface area contributed by atoms with Gasteiger partial charge in [-0.25, -0.2) is 4.68 Å². The lowest BCUT2D eigenvalue weighted by Crippen LogP contribution is -2.47. The van der Waals surface area contributed by atoms with Gasteiger partial charge in [0.25, 0.3) is 5.91 Å². The second kappa shape index (κ2) is 6.58. The summed E-state index contributed by atoms with van der Waals surface area (Å²) in [6.45, 7) is 0. The van der Waals surface area contributed by atoms with E-state index in [4.69, 9.17) is 0 Å². The van der Waals surface area contributed by atoms with Gasteiger partial charge in [-0.15, -0.1) is 0 Å². The van der Waals surface area contributed by atoms with Crippen LogP contribution >= 0.6 is 0 Å². The molecule has 3 aromatic rings. The Morgan fingerprint density at radius 3 is 2.52 bits per heavy atom. The quantitative estimate of drug-likeness (QED) is 0.756. The number of benzene rings is 2. The van der Waals surface area contributed by atoms with Crippen molar-refractivity contribution in [2.75, 3.05) is 5.32 Å². The van der Waals surface area contributed by atoms with Crippen LogP contribution in [0.2, 0.25) is 0 Å². The molecule has 1 aliphatic heterocycles. The van der Waals surface area contributed by atoms with Crippen LogP contribution in [0.1, 0.15) is 47.8 Å². The molecule has 1 atom stereocenters. The maximum absolute atomic E-state index is 13.3. The number of hydrogen-bond acceptors (Lipinski definition) is 3. The maximum atomic E-state index is 13.3. The van der Waals surface area contributed by atoms with Gasteiger partial charge in [0, 0.05) is 23.5 Å². The van der Waals surface area contributed by atoms with Crippen LogP contribution in [0.25, 0.3) is 5.69 Å². The second-order valence-electron chi connectivity index (χ2n) is 7.30. The number of para-hydroxylation sites is 2. The third kappa shape index (κ3) is 2.79. The molecule has 5 nitrogen and oxygen atoms in total. The normalized spacial score (nSPS) is 19.8. The molecule has 2 aromatic carbocycles. The summed E-state index contributed by atoms with van der Waals surface area (Å²) in [5.41, 5.74) is 3.68. The summed E-state index contributed by atoms with van der Waals surface area (Å²) in [5, 5.41) is 8.13. The number of carbonyl (C=O) groups is 1. The van der Waals surface area contributed by atoms with Crippen LogP contribution in [0.4, 0.5) is 5.69 Å². The fraction of sp³-hybridized carbons (Fsp3) is 0.273. The fourth-order valence-corrected chi connectivity index (χ4v) is 4.27. The van der Waals surface area contributed by atoms with E-state index < -0.39 is 0 Å². The summed E-state index contributed by atoms with van der Waals surface area (Å²) in [4.78, 5) is 15.4. The highest BCUT2D eigenvalue weighted by molar-refractivity contribution is 6.01. The van der Waals surface area contributed by atoms with Crippen molar-refractivity contribution in [3.63, 3.8) is 0 Å². The lowest BCUT2D eigenvalue weighted by molar-refractivity contribution is 0.0585. The predicted molar refractivity (Wildman–Crippen MR) is 105 cm³/mol. The molecular formula is C22H22N4O. The Kier molecular flexibility index (Phi) is 3.93. The van der Waals surface area contributed by atoms with Crippen LogP contribution in [-0.4, -0.2) is 26.6 Å². The number of fused-ring (bicyclic) bond motifs is 1. The molecule has 0 saturated heterocycles. The standard InChI is InChI=1S/C22H22N4O/c27-22-19-12-6-7-13-20(19)24-21(26(22)18-10-4-5-11-18)16-14-23-25(15-16)17-8-2-1-3-9-17/h1-3,6-9,12-15,18,21,24H,4-5,10-11H2/t21-/m1/s1. The van der Waals surface area contributed by atoms with E-state index in [9.17, 15) is 4.79 Å². The summed E-state index contributed by atoms with van der Waals surface area (Å²) >= 11 is 0. The van der Waals surface area contributed by atoms with E-state index in [2.05, 4.69) is 10.4 Å². The average Bonchev–Trinajstić information content (AvgIpc) is 3.41. The van der Waals surface area contributed by atoms with Gasteiger partial charge in [-0.3, -0.25) is 4.79 Å². The first-order valence-corrected chi connectivity index (χ1v) is 9.59. The number of hydrogen-bond donors (Lipinski definition) is 1. The van der Waals surface area contributed by atoms with Gasteiger partial charge in [-0.05, 0) is 37.1 Å². The van der Waals surface area contributed by atoms with Crippen molar-refractivity contribution >= 4 is 11.6 Å². The van der Waals surface area contributed by atoms with Gasteiger partial charge in [0.05, 0.1) is 17.4 Å². The molecule has 1 aliphatic carbocycles. The van der Waals surface area contributed by atoms with E-state index in [1.54, 1.807) is 0 Å². The first-order chi connectivity index (χ1) is 13.3. The number of anilines is 1. The molecular weight excluding hydrogens is 336 g/mol. The number of nitrogens with one attached hydrogen (secondary N) is 1. The van der Waals surface area contributed by atoms with E-state index in [1.807, 2.05) is 76.6 Å². The topological polar surface area (TPSA) is 50.2 Å². The van der Waals surface area contributed by atoms with Crippen LogP contribution in [0.15, 0.2) is 67.0 Å². The molecule has 1 fully saturated rings. The molecule has 5 rings (SSSR count). The minimum absolute atomic E-state index is 0.119. The SMILES string of the molecule is O=C1c2ccccc2N[C@@H](c2cnn(-c3ccccc3)c2)N1C1CCCC1. The Morgan fingerprint density at radius 1 is 0.963 bits per heavy atom. The van der Waals surface area contributed by atoms with E-state index in [0.29, 0.717) is 0 Å². The number of rotatable bonds is 3. The molecule has 0 unspecified atom stereocenters. The van der Waals surface area contributed by atoms with E-state index in [0.717, 1.165) is 35.3 Å².